The lowest BCUT2D eigenvalue weighted by molar-refractivity contribution is -0.137. The number of alkyl halides is 3. The Kier molecular flexibility index (Phi) is 4.98. The summed E-state index contributed by atoms with van der Waals surface area (Å²) >= 11 is 2.49. The largest absolute Gasteiger partial charge is 0.416 e. The van der Waals surface area contributed by atoms with E-state index in [2.05, 4.69) is 4.98 Å². The van der Waals surface area contributed by atoms with Crippen molar-refractivity contribution in [3.63, 3.8) is 0 Å². The number of carbonyl (C=O) groups is 2. The highest BCUT2D eigenvalue weighted by Gasteiger charge is 2.36. The van der Waals surface area contributed by atoms with Crippen molar-refractivity contribution in [2.75, 3.05) is 12.3 Å². The molecule has 1 unspecified atom stereocenters. The highest BCUT2D eigenvalue weighted by atomic mass is 32.2. The molecule has 1 aliphatic heterocycles. The van der Waals surface area contributed by atoms with Crippen LogP contribution in [0.4, 0.5) is 13.2 Å². The molecule has 1 aliphatic rings. The van der Waals surface area contributed by atoms with Crippen LogP contribution in [0.3, 0.4) is 0 Å². The van der Waals surface area contributed by atoms with Crippen molar-refractivity contribution in [3.05, 3.63) is 40.5 Å². The second-order valence-electron chi connectivity index (χ2n) is 5.61. The minimum Gasteiger partial charge on any atom is -0.367 e. The van der Waals surface area contributed by atoms with Crippen LogP contribution >= 0.6 is 23.1 Å². The third-order valence-corrected chi connectivity index (χ3v) is 6.05. The molecule has 26 heavy (non-hydrogen) atoms. The number of amides is 2. The van der Waals surface area contributed by atoms with E-state index < -0.39 is 28.9 Å². The Bertz CT molecular complexity index is 849. The Labute approximate surface area is 155 Å². The lowest BCUT2D eigenvalue weighted by Crippen LogP contribution is -2.42. The molecule has 1 fully saturated rings. The minimum atomic E-state index is -4.43. The van der Waals surface area contributed by atoms with Crippen LogP contribution in [0.2, 0.25) is 0 Å². The van der Waals surface area contributed by atoms with Gasteiger partial charge in [0, 0.05) is 12.3 Å². The lowest BCUT2D eigenvalue weighted by atomic mass is 10.1. The predicted molar refractivity (Wildman–Crippen MR) is 93.8 cm³/mol. The van der Waals surface area contributed by atoms with E-state index in [1.165, 1.54) is 40.1 Å². The van der Waals surface area contributed by atoms with E-state index in [4.69, 9.17) is 5.73 Å². The number of benzene rings is 1. The fraction of sp³-hybridized carbons (Fsp3) is 0.312. The Morgan fingerprint density at radius 1 is 1.27 bits per heavy atom. The van der Waals surface area contributed by atoms with Gasteiger partial charge < -0.3 is 10.6 Å². The van der Waals surface area contributed by atoms with E-state index in [0.717, 1.165) is 12.1 Å². The summed E-state index contributed by atoms with van der Waals surface area (Å²) in [6.07, 6.45) is -4.43. The van der Waals surface area contributed by atoms with E-state index >= 15 is 0 Å². The topological polar surface area (TPSA) is 76.3 Å². The van der Waals surface area contributed by atoms with Gasteiger partial charge in [0.05, 0.1) is 15.4 Å². The maximum absolute atomic E-state index is 12.9. The van der Waals surface area contributed by atoms with E-state index in [0.29, 0.717) is 27.7 Å². The molecule has 1 aromatic carbocycles. The number of carbonyl (C=O) groups excluding carboxylic acids is 2. The van der Waals surface area contributed by atoms with Crippen LogP contribution in [0, 0.1) is 6.92 Å². The van der Waals surface area contributed by atoms with Crippen molar-refractivity contribution in [3.8, 4) is 10.4 Å². The molecule has 0 radical (unpaired) electrons. The van der Waals surface area contributed by atoms with Gasteiger partial charge in [-0.15, -0.1) is 23.1 Å². The van der Waals surface area contributed by atoms with Crippen molar-refractivity contribution < 1.29 is 22.8 Å². The van der Waals surface area contributed by atoms with Gasteiger partial charge >= 0.3 is 6.18 Å². The van der Waals surface area contributed by atoms with Crippen LogP contribution in [0.15, 0.2) is 24.3 Å². The van der Waals surface area contributed by atoms with Crippen LogP contribution < -0.4 is 5.73 Å². The number of aryl methyl sites for hydroxylation is 1. The molecule has 0 saturated carbocycles. The molecule has 138 valence electrons. The first-order chi connectivity index (χ1) is 12.2. The Balaban J connectivity index is 1.96. The van der Waals surface area contributed by atoms with Gasteiger partial charge in [0.1, 0.15) is 5.69 Å². The summed E-state index contributed by atoms with van der Waals surface area (Å²) in [6, 6.07) is 4.57. The van der Waals surface area contributed by atoms with Crippen LogP contribution in [0.5, 0.6) is 0 Å². The molecule has 0 bridgehead atoms. The minimum absolute atomic E-state index is 0.126. The van der Waals surface area contributed by atoms with Gasteiger partial charge in [0.2, 0.25) is 0 Å². The maximum atomic E-state index is 12.9. The third kappa shape index (κ3) is 3.56. The van der Waals surface area contributed by atoms with Gasteiger partial charge in [-0.25, -0.2) is 4.98 Å². The SMILES string of the molecule is Cc1nc(C(=O)N2CCSC2C(N)=O)c(-c2ccc(C(F)(F)F)cc2)s1. The van der Waals surface area contributed by atoms with Crippen molar-refractivity contribution in [1.29, 1.82) is 0 Å². The van der Waals surface area contributed by atoms with E-state index in [1.807, 2.05) is 0 Å². The number of halogens is 3. The molecule has 0 aliphatic carbocycles. The van der Waals surface area contributed by atoms with Gasteiger partial charge in [0.25, 0.3) is 11.8 Å². The molecule has 2 aromatic rings. The van der Waals surface area contributed by atoms with Crippen molar-refractivity contribution in [2.45, 2.75) is 18.5 Å². The fourth-order valence-electron chi connectivity index (χ4n) is 2.63. The number of hydrogen-bond acceptors (Lipinski definition) is 5. The molecule has 10 heteroatoms. The first kappa shape index (κ1) is 18.7. The molecule has 2 heterocycles. The van der Waals surface area contributed by atoms with Crippen molar-refractivity contribution in [1.82, 2.24) is 9.88 Å². The second-order valence-corrected chi connectivity index (χ2v) is 8.00. The number of primary amides is 1. The Morgan fingerprint density at radius 3 is 2.50 bits per heavy atom. The average Bonchev–Trinajstić information content (AvgIpc) is 3.20. The molecule has 2 N–H and O–H groups in total. The molecule has 1 atom stereocenters. The second kappa shape index (κ2) is 6.92. The average molecular weight is 401 g/mol. The zero-order chi connectivity index (χ0) is 19.1. The smallest absolute Gasteiger partial charge is 0.367 e. The highest BCUT2D eigenvalue weighted by molar-refractivity contribution is 8.00. The summed E-state index contributed by atoms with van der Waals surface area (Å²) in [5.74, 6) is -0.472. The summed E-state index contributed by atoms with van der Waals surface area (Å²) in [4.78, 5) is 30.5. The number of rotatable bonds is 3. The quantitative estimate of drug-likeness (QED) is 0.857. The molecule has 3 rings (SSSR count). The zero-order valence-corrected chi connectivity index (χ0v) is 15.2. The monoisotopic (exact) mass is 401 g/mol. The summed E-state index contributed by atoms with van der Waals surface area (Å²) < 4.78 is 38.2. The summed E-state index contributed by atoms with van der Waals surface area (Å²) in [5, 5.41) is -0.157. The standard InChI is InChI=1S/C16H14F3N3O2S2/c1-8-21-11(14(24)22-6-7-25-15(22)13(20)23)12(26-8)9-2-4-10(5-3-9)16(17,18)19/h2-5,15H,6-7H2,1H3,(H2,20,23). The van der Waals surface area contributed by atoms with E-state index in [1.54, 1.807) is 6.92 Å². The lowest BCUT2D eigenvalue weighted by Gasteiger charge is -2.20. The number of hydrogen-bond donors (Lipinski definition) is 1. The van der Waals surface area contributed by atoms with Gasteiger partial charge in [0.15, 0.2) is 5.37 Å². The predicted octanol–water partition coefficient (Wildman–Crippen LogP) is 3.14. The molecule has 2 amide bonds. The van der Waals surface area contributed by atoms with Gasteiger partial charge in [-0.05, 0) is 24.6 Å². The molecular formula is C16H14F3N3O2S2. The zero-order valence-electron chi connectivity index (χ0n) is 13.5. The Morgan fingerprint density at radius 2 is 1.92 bits per heavy atom. The van der Waals surface area contributed by atoms with Gasteiger partial charge in [-0.3, -0.25) is 9.59 Å². The molecular weight excluding hydrogens is 387 g/mol. The van der Waals surface area contributed by atoms with E-state index in [9.17, 15) is 22.8 Å². The number of aromatic nitrogens is 1. The van der Waals surface area contributed by atoms with E-state index in [-0.39, 0.29) is 5.69 Å². The number of thiazole rings is 1. The number of thioether (sulfide) groups is 1. The fourth-order valence-corrected chi connectivity index (χ4v) is 4.61. The first-order valence-corrected chi connectivity index (χ1v) is 9.42. The number of nitrogens with zero attached hydrogens (tertiary/aromatic N) is 2. The molecule has 0 spiro atoms. The summed E-state index contributed by atoms with van der Waals surface area (Å²) in [6.45, 7) is 2.07. The normalized spacial score (nSPS) is 17.5. The first-order valence-electron chi connectivity index (χ1n) is 7.55. The van der Waals surface area contributed by atoms with Crippen LogP contribution in [-0.4, -0.2) is 39.4 Å². The van der Waals surface area contributed by atoms with Crippen molar-refractivity contribution >= 4 is 34.9 Å². The molecule has 5 nitrogen and oxygen atoms in total. The molecule has 1 saturated heterocycles. The molecule has 1 aromatic heterocycles. The van der Waals surface area contributed by atoms with Crippen LogP contribution in [0.25, 0.3) is 10.4 Å². The van der Waals surface area contributed by atoms with Crippen molar-refractivity contribution in [2.24, 2.45) is 5.73 Å². The summed E-state index contributed by atoms with van der Waals surface area (Å²) in [5.41, 5.74) is 5.17. The van der Waals surface area contributed by atoms with Gasteiger partial charge in [-0.1, -0.05) is 12.1 Å². The highest BCUT2D eigenvalue weighted by Crippen LogP contribution is 2.35. The van der Waals surface area contributed by atoms with Crippen LogP contribution in [0.1, 0.15) is 21.1 Å². The maximum Gasteiger partial charge on any atom is 0.416 e. The third-order valence-electron chi connectivity index (χ3n) is 3.81. The van der Waals surface area contributed by atoms with Crippen LogP contribution in [-0.2, 0) is 11.0 Å². The Hall–Kier alpha value is -2.07. The van der Waals surface area contributed by atoms with Gasteiger partial charge in [-0.2, -0.15) is 13.2 Å². The summed E-state index contributed by atoms with van der Waals surface area (Å²) in [7, 11) is 0. The number of nitrogens with two attached hydrogens (primary N) is 1.